The highest BCUT2D eigenvalue weighted by atomic mass is 15.2. The first kappa shape index (κ1) is 12.0. The molecule has 104 valence electrons. The summed E-state index contributed by atoms with van der Waals surface area (Å²) in [5, 5.41) is 7.90. The fourth-order valence-electron chi connectivity index (χ4n) is 4.06. The van der Waals surface area contributed by atoms with Gasteiger partial charge in [0.25, 0.3) is 0 Å². The lowest BCUT2D eigenvalue weighted by Crippen LogP contribution is -2.38. The van der Waals surface area contributed by atoms with Crippen molar-refractivity contribution < 1.29 is 0 Å². The van der Waals surface area contributed by atoms with Crippen LogP contribution >= 0.6 is 0 Å². The van der Waals surface area contributed by atoms with E-state index in [-0.39, 0.29) is 0 Å². The Hall–Kier alpha value is -0.830. The summed E-state index contributed by atoms with van der Waals surface area (Å²) in [6.45, 7) is 7.23. The summed E-state index contributed by atoms with van der Waals surface area (Å²) in [6, 6.07) is 0.810. The van der Waals surface area contributed by atoms with Crippen molar-refractivity contribution in [2.75, 3.05) is 6.54 Å². The first-order valence-electron chi connectivity index (χ1n) is 7.92. The fraction of sp³-hybridized carbons (Fsp3) is 0.812. The third-order valence-corrected chi connectivity index (χ3v) is 5.42. The Labute approximate surface area is 115 Å². The zero-order chi connectivity index (χ0) is 13.0. The van der Waals surface area contributed by atoms with Crippen molar-refractivity contribution in [1.29, 1.82) is 0 Å². The zero-order valence-corrected chi connectivity index (χ0v) is 12.2. The van der Waals surface area contributed by atoms with E-state index in [1.165, 1.54) is 56.5 Å². The fourth-order valence-corrected chi connectivity index (χ4v) is 4.06. The molecule has 0 saturated heterocycles. The van der Waals surface area contributed by atoms with Crippen LogP contribution < -0.4 is 0 Å². The molecule has 1 unspecified atom stereocenters. The summed E-state index contributed by atoms with van der Waals surface area (Å²) in [5.74, 6) is 0.778. The maximum absolute atomic E-state index is 4.60. The second-order valence-electron chi connectivity index (χ2n) is 7.62. The summed E-state index contributed by atoms with van der Waals surface area (Å²) in [5.41, 5.74) is 4.94. The molecule has 0 amide bonds. The van der Waals surface area contributed by atoms with Crippen LogP contribution in [0.5, 0.6) is 0 Å². The van der Waals surface area contributed by atoms with Crippen molar-refractivity contribution in [3.63, 3.8) is 0 Å². The molecule has 0 aromatic carbocycles. The van der Waals surface area contributed by atoms with Crippen molar-refractivity contribution in [3.8, 4) is 0 Å². The molecule has 1 aromatic rings. The molecule has 1 aromatic heterocycles. The van der Waals surface area contributed by atoms with Gasteiger partial charge in [0.15, 0.2) is 0 Å². The molecule has 4 rings (SSSR count). The number of rotatable bonds is 2. The van der Waals surface area contributed by atoms with E-state index in [9.17, 15) is 0 Å². The van der Waals surface area contributed by atoms with Crippen LogP contribution in [-0.4, -0.2) is 27.7 Å². The van der Waals surface area contributed by atoms with E-state index in [2.05, 4.69) is 28.9 Å². The highest BCUT2D eigenvalue weighted by Crippen LogP contribution is 2.44. The van der Waals surface area contributed by atoms with Gasteiger partial charge in [-0.05, 0) is 37.5 Å². The molecule has 19 heavy (non-hydrogen) atoms. The Balaban J connectivity index is 1.53. The average molecular weight is 259 g/mol. The van der Waals surface area contributed by atoms with Crippen molar-refractivity contribution in [3.05, 3.63) is 17.0 Å². The largest absolute Gasteiger partial charge is 0.296 e. The van der Waals surface area contributed by atoms with Gasteiger partial charge in [-0.3, -0.25) is 10.00 Å². The highest BCUT2D eigenvalue weighted by Gasteiger charge is 2.37. The molecule has 1 atom stereocenters. The van der Waals surface area contributed by atoms with Crippen LogP contribution in [0.15, 0.2) is 0 Å². The molecule has 0 spiro atoms. The Morgan fingerprint density at radius 3 is 2.79 bits per heavy atom. The van der Waals surface area contributed by atoms with Gasteiger partial charge in [0.05, 0.1) is 5.69 Å². The Kier molecular flexibility index (Phi) is 2.57. The van der Waals surface area contributed by atoms with E-state index in [0.717, 1.165) is 18.5 Å². The van der Waals surface area contributed by atoms with Gasteiger partial charge in [-0.2, -0.15) is 5.10 Å². The lowest BCUT2D eigenvalue weighted by atomic mass is 9.91. The Morgan fingerprint density at radius 1 is 1.26 bits per heavy atom. The van der Waals surface area contributed by atoms with Gasteiger partial charge in [0.2, 0.25) is 0 Å². The van der Waals surface area contributed by atoms with Crippen LogP contribution in [0.4, 0.5) is 0 Å². The summed E-state index contributed by atoms with van der Waals surface area (Å²) < 4.78 is 0. The molecular formula is C16H25N3. The predicted octanol–water partition coefficient (Wildman–Crippen LogP) is 3.22. The second-order valence-corrected chi connectivity index (χ2v) is 7.62. The average Bonchev–Trinajstić information content (AvgIpc) is 3.03. The molecule has 1 N–H and O–H groups in total. The third-order valence-electron chi connectivity index (χ3n) is 5.42. The van der Waals surface area contributed by atoms with Gasteiger partial charge in [-0.15, -0.1) is 0 Å². The van der Waals surface area contributed by atoms with Crippen molar-refractivity contribution >= 4 is 0 Å². The molecule has 2 fully saturated rings. The summed E-state index contributed by atoms with van der Waals surface area (Å²) in [7, 11) is 0. The SMILES string of the molecule is CC1(C)CCC(N2CCc3[nH]nc(C4CC4)c3C2)C1. The first-order valence-corrected chi connectivity index (χ1v) is 7.92. The van der Waals surface area contributed by atoms with E-state index in [4.69, 9.17) is 0 Å². The lowest BCUT2D eigenvalue weighted by molar-refractivity contribution is 0.169. The first-order chi connectivity index (χ1) is 9.12. The highest BCUT2D eigenvalue weighted by molar-refractivity contribution is 5.32. The van der Waals surface area contributed by atoms with Gasteiger partial charge in [-0.25, -0.2) is 0 Å². The number of aromatic nitrogens is 2. The number of nitrogens with one attached hydrogen (secondary N) is 1. The monoisotopic (exact) mass is 259 g/mol. The summed E-state index contributed by atoms with van der Waals surface area (Å²) in [6.07, 6.45) is 8.03. The molecule has 2 aliphatic carbocycles. The van der Waals surface area contributed by atoms with E-state index in [1.807, 2.05) is 0 Å². The van der Waals surface area contributed by atoms with Crippen molar-refractivity contribution in [2.24, 2.45) is 5.41 Å². The lowest BCUT2D eigenvalue weighted by Gasteiger charge is -2.33. The Morgan fingerprint density at radius 2 is 2.11 bits per heavy atom. The molecule has 2 heterocycles. The number of H-pyrrole nitrogens is 1. The van der Waals surface area contributed by atoms with E-state index in [0.29, 0.717) is 5.41 Å². The summed E-state index contributed by atoms with van der Waals surface area (Å²) >= 11 is 0. The van der Waals surface area contributed by atoms with E-state index >= 15 is 0 Å². The normalized spacial score (nSPS) is 30.5. The number of hydrogen-bond donors (Lipinski definition) is 1. The molecule has 3 nitrogen and oxygen atoms in total. The predicted molar refractivity (Wildman–Crippen MR) is 76.1 cm³/mol. The molecule has 2 saturated carbocycles. The zero-order valence-electron chi connectivity index (χ0n) is 12.2. The number of fused-ring (bicyclic) bond motifs is 1. The maximum Gasteiger partial charge on any atom is 0.0700 e. The van der Waals surface area contributed by atoms with Crippen LogP contribution in [0.3, 0.4) is 0 Å². The maximum atomic E-state index is 4.60. The second kappa shape index (κ2) is 4.08. The van der Waals surface area contributed by atoms with Crippen LogP contribution in [-0.2, 0) is 13.0 Å². The number of nitrogens with zero attached hydrogens (tertiary/aromatic N) is 2. The van der Waals surface area contributed by atoms with Gasteiger partial charge in [0, 0.05) is 42.7 Å². The standard InChI is InChI=1S/C16H25N3/c1-16(2)7-5-12(9-16)19-8-6-14-13(10-19)15(18-17-14)11-3-4-11/h11-12H,3-10H2,1-2H3,(H,17,18). The van der Waals surface area contributed by atoms with Gasteiger partial charge in [0.1, 0.15) is 0 Å². The van der Waals surface area contributed by atoms with E-state index < -0.39 is 0 Å². The minimum Gasteiger partial charge on any atom is -0.296 e. The van der Waals surface area contributed by atoms with Crippen LogP contribution in [0, 0.1) is 5.41 Å². The van der Waals surface area contributed by atoms with Crippen LogP contribution in [0.1, 0.15) is 68.8 Å². The van der Waals surface area contributed by atoms with E-state index in [1.54, 1.807) is 5.56 Å². The molecular weight excluding hydrogens is 234 g/mol. The van der Waals surface area contributed by atoms with Crippen LogP contribution in [0.25, 0.3) is 0 Å². The Bertz CT molecular complexity index is 484. The van der Waals surface area contributed by atoms with Crippen molar-refractivity contribution in [2.45, 2.75) is 70.9 Å². The minimum absolute atomic E-state index is 0.556. The molecule has 1 aliphatic heterocycles. The quantitative estimate of drug-likeness (QED) is 0.884. The summed E-state index contributed by atoms with van der Waals surface area (Å²) in [4.78, 5) is 2.73. The molecule has 0 radical (unpaired) electrons. The molecule has 3 aliphatic rings. The number of aromatic amines is 1. The topological polar surface area (TPSA) is 31.9 Å². The van der Waals surface area contributed by atoms with Gasteiger partial charge in [-0.1, -0.05) is 13.8 Å². The van der Waals surface area contributed by atoms with Crippen molar-refractivity contribution in [1.82, 2.24) is 15.1 Å². The third kappa shape index (κ3) is 2.12. The molecule has 3 heteroatoms. The van der Waals surface area contributed by atoms with Gasteiger partial charge < -0.3 is 0 Å². The minimum atomic E-state index is 0.556. The molecule has 0 bridgehead atoms. The number of hydrogen-bond acceptors (Lipinski definition) is 2. The van der Waals surface area contributed by atoms with Gasteiger partial charge >= 0.3 is 0 Å². The van der Waals surface area contributed by atoms with Crippen LogP contribution in [0.2, 0.25) is 0 Å². The smallest absolute Gasteiger partial charge is 0.0700 e.